The van der Waals surface area contributed by atoms with Crippen molar-refractivity contribution in [3.8, 4) is 0 Å². The molecule has 1 heterocycles. The largest absolute Gasteiger partial charge is 0.477 e. The smallest absolute Gasteiger partial charge is 0.352 e. The maximum atomic E-state index is 12.0. The Morgan fingerprint density at radius 2 is 1.89 bits per heavy atom. The summed E-state index contributed by atoms with van der Waals surface area (Å²) in [5, 5.41) is 13.8. The molecule has 104 valence electrons. The Balaban J connectivity index is 2.75. The summed E-state index contributed by atoms with van der Waals surface area (Å²) in [6, 6.07) is 2.13. The van der Waals surface area contributed by atoms with Gasteiger partial charge >= 0.3 is 5.97 Å². The van der Waals surface area contributed by atoms with Gasteiger partial charge in [0.1, 0.15) is 17.6 Å². The van der Waals surface area contributed by atoms with Gasteiger partial charge in [-0.25, -0.2) is 4.79 Å². The lowest BCUT2D eigenvalue weighted by Gasteiger charge is -2.20. The Morgan fingerprint density at radius 1 is 1.26 bits per heavy atom. The Bertz CT molecular complexity index is 493. The van der Waals surface area contributed by atoms with Crippen molar-refractivity contribution >= 4 is 23.6 Å². The van der Waals surface area contributed by atoms with E-state index >= 15 is 0 Å². The van der Waals surface area contributed by atoms with Crippen LogP contribution in [0.5, 0.6) is 0 Å². The number of carboxylic acid groups (broad SMARTS) is 1. The van der Waals surface area contributed by atoms with Crippen LogP contribution in [0.15, 0.2) is 12.1 Å². The number of aromatic amines is 1. The minimum atomic E-state index is -1.11. The summed E-state index contributed by atoms with van der Waals surface area (Å²) in [4.78, 5) is 36.2. The third-order valence-corrected chi connectivity index (χ3v) is 2.48. The number of carboxylic acids is 1. The molecule has 1 atom stereocenters. The van der Waals surface area contributed by atoms with E-state index in [1.54, 1.807) is 13.8 Å². The summed E-state index contributed by atoms with van der Waals surface area (Å²) < 4.78 is 0. The molecule has 0 spiro atoms. The maximum Gasteiger partial charge on any atom is 0.352 e. The van der Waals surface area contributed by atoms with E-state index in [-0.39, 0.29) is 23.3 Å². The number of rotatable bonds is 5. The molecular weight excluding hydrogens is 250 g/mol. The number of carbonyl (C=O) groups is 3. The van der Waals surface area contributed by atoms with E-state index in [0.717, 1.165) is 0 Å². The summed E-state index contributed by atoms with van der Waals surface area (Å²) in [6.45, 7) is 4.94. The normalized spacial score (nSPS) is 12.0. The monoisotopic (exact) mass is 267 g/mol. The zero-order chi connectivity index (χ0) is 14.6. The molecule has 7 heteroatoms. The van der Waals surface area contributed by atoms with Gasteiger partial charge in [-0.1, -0.05) is 13.8 Å². The average Bonchev–Trinajstić information content (AvgIpc) is 2.73. The van der Waals surface area contributed by atoms with Gasteiger partial charge in [-0.3, -0.25) is 9.59 Å². The number of hydrogen-bond donors (Lipinski definition) is 4. The van der Waals surface area contributed by atoms with Gasteiger partial charge < -0.3 is 20.7 Å². The van der Waals surface area contributed by atoms with Gasteiger partial charge in [0.05, 0.1) is 0 Å². The highest BCUT2D eigenvalue weighted by atomic mass is 16.4. The molecule has 7 nitrogen and oxygen atoms in total. The van der Waals surface area contributed by atoms with Crippen molar-refractivity contribution in [3.63, 3.8) is 0 Å². The number of hydrogen-bond acceptors (Lipinski definition) is 3. The summed E-state index contributed by atoms with van der Waals surface area (Å²) in [7, 11) is 0. The van der Waals surface area contributed by atoms with E-state index in [1.165, 1.54) is 19.1 Å². The van der Waals surface area contributed by atoms with Crippen molar-refractivity contribution in [2.75, 3.05) is 5.32 Å². The third-order valence-electron chi connectivity index (χ3n) is 2.48. The quantitative estimate of drug-likeness (QED) is 0.632. The van der Waals surface area contributed by atoms with E-state index in [0.29, 0.717) is 0 Å². The van der Waals surface area contributed by atoms with E-state index in [9.17, 15) is 14.4 Å². The van der Waals surface area contributed by atoms with Crippen molar-refractivity contribution in [2.24, 2.45) is 5.92 Å². The highest BCUT2D eigenvalue weighted by Crippen LogP contribution is 2.10. The van der Waals surface area contributed by atoms with E-state index in [4.69, 9.17) is 5.11 Å². The van der Waals surface area contributed by atoms with Crippen molar-refractivity contribution < 1.29 is 19.5 Å². The molecule has 0 radical (unpaired) electrons. The topological polar surface area (TPSA) is 111 Å². The minimum absolute atomic E-state index is 0.0177. The van der Waals surface area contributed by atoms with E-state index in [1.807, 2.05) is 0 Å². The second kappa shape index (κ2) is 6.03. The van der Waals surface area contributed by atoms with Crippen LogP contribution in [0, 0.1) is 5.92 Å². The number of aromatic carboxylic acids is 1. The Labute approximate surface area is 110 Å². The van der Waals surface area contributed by atoms with Crippen molar-refractivity contribution in [1.29, 1.82) is 0 Å². The summed E-state index contributed by atoms with van der Waals surface area (Å²) in [6.07, 6.45) is 0. The van der Waals surface area contributed by atoms with Crippen LogP contribution in [0.1, 0.15) is 31.3 Å². The standard InChI is InChI=1S/C12H17N3O4/c1-6(2)10(13-7(3)16)11(17)15-9-5-4-8(14-9)12(18)19/h4-6,10,14H,1-3H3,(H,13,16)(H,15,17)(H,18,19)/t10-/m0/s1. The molecule has 0 aromatic carbocycles. The van der Waals surface area contributed by atoms with Crippen molar-refractivity contribution in [1.82, 2.24) is 10.3 Å². The van der Waals surface area contributed by atoms with Gasteiger partial charge in [0, 0.05) is 6.92 Å². The first-order valence-corrected chi connectivity index (χ1v) is 5.81. The van der Waals surface area contributed by atoms with Crippen LogP contribution < -0.4 is 10.6 Å². The highest BCUT2D eigenvalue weighted by molar-refractivity contribution is 5.97. The predicted octanol–water partition coefficient (Wildman–Crippen LogP) is 0.812. The molecule has 1 aromatic rings. The van der Waals surface area contributed by atoms with Crippen LogP contribution in [0.2, 0.25) is 0 Å². The number of H-pyrrole nitrogens is 1. The SMILES string of the molecule is CC(=O)N[C@H](C(=O)Nc1ccc(C(=O)O)[nH]1)C(C)C. The number of carbonyl (C=O) groups excluding carboxylic acids is 2. The lowest BCUT2D eigenvalue weighted by atomic mass is 10.0. The molecule has 0 aliphatic carbocycles. The number of amides is 2. The second-order valence-corrected chi connectivity index (χ2v) is 4.50. The van der Waals surface area contributed by atoms with Crippen LogP contribution in [0.3, 0.4) is 0 Å². The first-order valence-electron chi connectivity index (χ1n) is 5.81. The van der Waals surface area contributed by atoms with Gasteiger partial charge in [0.2, 0.25) is 11.8 Å². The fraction of sp³-hybridized carbons (Fsp3) is 0.417. The fourth-order valence-electron chi connectivity index (χ4n) is 1.56. The van der Waals surface area contributed by atoms with Gasteiger partial charge in [-0.2, -0.15) is 0 Å². The average molecular weight is 267 g/mol. The molecule has 2 amide bonds. The van der Waals surface area contributed by atoms with Gasteiger partial charge in [-0.15, -0.1) is 0 Å². The minimum Gasteiger partial charge on any atom is -0.477 e. The summed E-state index contributed by atoms with van der Waals surface area (Å²) in [5.74, 6) is -1.62. The third kappa shape index (κ3) is 4.13. The lowest BCUT2D eigenvalue weighted by molar-refractivity contribution is -0.126. The zero-order valence-electron chi connectivity index (χ0n) is 11.0. The van der Waals surface area contributed by atoms with Gasteiger partial charge in [0.15, 0.2) is 0 Å². The molecule has 0 saturated carbocycles. The van der Waals surface area contributed by atoms with Crippen LogP contribution in [-0.4, -0.2) is 33.9 Å². The Morgan fingerprint density at radius 3 is 2.32 bits per heavy atom. The molecule has 1 aromatic heterocycles. The fourth-order valence-corrected chi connectivity index (χ4v) is 1.56. The van der Waals surface area contributed by atoms with E-state index < -0.39 is 17.9 Å². The highest BCUT2D eigenvalue weighted by Gasteiger charge is 2.23. The summed E-state index contributed by atoms with van der Waals surface area (Å²) >= 11 is 0. The molecular formula is C12H17N3O4. The molecule has 0 fully saturated rings. The maximum absolute atomic E-state index is 12.0. The van der Waals surface area contributed by atoms with Crippen LogP contribution in [0.4, 0.5) is 5.82 Å². The van der Waals surface area contributed by atoms with Crippen molar-refractivity contribution in [3.05, 3.63) is 17.8 Å². The molecule has 19 heavy (non-hydrogen) atoms. The molecule has 0 aliphatic heterocycles. The molecule has 0 bridgehead atoms. The predicted molar refractivity (Wildman–Crippen MR) is 68.8 cm³/mol. The van der Waals surface area contributed by atoms with Gasteiger partial charge in [0.25, 0.3) is 0 Å². The molecule has 0 unspecified atom stereocenters. The lowest BCUT2D eigenvalue weighted by Crippen LogP contribution is -2.46. The first-order chi connectivity index (χ1) is 8.81. The Hall–Kier alpha value is -2.31. The number of aromatic nitrogens is 1. The summed E-state index contributed by atoms with van der Waals surface area (Å²) in [5.41, 5.74) is -0.0177. The van der Waals surface area contributed by atoms with Crippen molar-refractivity contribution in [2.45, 2.75) is 26.8 Å². The number of anilines is 1. The Kier molecular flexibility index (Phi) is 4.68. The first kappa shape index (κ1) is 14.7. The molecule has 1 rings (SSSR count). The molecule has 0 aliphatic rings. The molecule has 0 saturated heterocycles. The van der Waals surface area contributed by atoms with Gasteiger partial charge in [-0.05, 0) is 18.1 Å². The van der Waals surface area contributed by atoms with E-state index in [2.05, 4.69) is 15.6 Å². The van der Waals surface area contributed by atoms with Crippen LogP contribution in [0.25, 0.3) is 0 Å². The van der Waals surface area contributed by atoms with Crippen LogP contribution in [-0.2, 0) is 9.59 Å². The second-order valence-electron chi connectivity index (χ2n) is 4.50. The molecule has 4 N–H and O–H groups in total. The number of nitrogens with one attached hydrogen (secondary N) is 3. The van der Waals surface area contributed by atoms with Crippen LogP contribution >= 0.6 is 0 Å². The zero-order valence-corrected chi connectivity index (χ0v) is 11.0.